The normalized spacial score (nSPS) is 15.9. The Morgan fingerprint density at radius 2 is 1.93 bits per heavy atom. The topological polar surface area (TPSA) is 52.7 Å². The highest BCUT2D eigenvalue weighted by atomic mass is 16.2. The minimum atomic E-state index is -0.0784. The number of hydrogen-bond donors (Lipinski definition) is 1. The predicted octanol–water partition coefficient (Wildman–Crippen LogP) is 3.00. The molecule has 1 fully saturated rings. The van der Waals surface area contributed by atoms with Crippen LogP contribution in [0, 0.1) is 0 Å². The van der Waals surface area contributed by atoms with E-state index in [1.807, 2.05) is 18.2 Å². The first-order valence-electron chi connectivity index (χ1n) is 9.74. The van der Waals surface area contributed by atoms with E-state index < -0.39 is 0 Å². The van der Waals surface area contributed by atoms with Gasteiger partial charge in [-0.3, -0.25) is 9.59 Å². The van der Waals surface area contributed by atoms with Crippen molar-refractivity contribution in [3.63, 3.8) is 0 Å². The molecule has 5 nitrogen and oxygen atoms in total. The summed E-state index contributed by atoms with van der Waals surface area (Å²) < 4.78 is 0. The molecule has 0 bridgehead atoms. The van der Waals surface area contributed by atoms with Crippen LogP contribution in [0.3, 0.4) is 0 Å². The molecule has 4 rings (SSSR count). The van der Waals surface area contributed by atoms with Gasteiger partial charge in [0.15, 0.2) is 0 Å². The highest BCUT2D eigenvalue weighted by Gasteiger charge is 2.22. The quantitative estimate of drug-likeness (QED) is 0.803. The summed E-state index contributed by atoms with van der Waals surface area (Å²) in [6, 6.07) is 15.9. The standard InChI is InChI=1S/C22H25N3O2/c26-21-10-4-14-25(21)19-8-3-7-18(16-19)22(27)23-12-5-13-24-15-11-17-6-1-2-9-20(17)24/h1-3,6-9,16H,4-5,10-15H2,(H,23,27). The molecule has 0 aromatic heterocycles. The van der Waals surface area contributed by atoms with E-state index in [0.29, 0.717) is 18.5 Å². The summed E-state index contributed by atoms with van der Waals surface area (Å²) in [7, 11) is 0. The summed E-state index contributed by atoms with van der Waals surface area (Å²) in [6.07, 6.45) is 3.49. The zero-order chi connectivity index (χ0) is 18.6. The Bertz CT molecular complexity index is 849. The number of carbonyl (C=O) groups is 2. The Morgan fingerprint density at radius 3 is 2.78 bits per heavy atom. The van der Waals surface area contributed by atoms with Gasteiger partial charge in [0.1, 0.15) is 0 Å². The van der Waals surface area contributed by atoms with Crippen LogP contribution in [0.25, 0.3) is 0 Å². The number of rotatable bonds is 6. The third-order valence-corrected chi connectivity index (χ3v) is 5.37. The van der Waals surface area contributed by atoms with Gasteiger partial charge in [-0.15, -0.1) is 0 Å². The second-order valence-corrected chi connectivity index (χ2v) is 7.17. The Morgan fingerprint density at radius 1 is 1.04 bits per heavy atom. The maximum atomic E-state index is 12.5. The van der Waals surface area contributed by atoms with Gasteiger partial charge in [-0.1, -0.05) is 24.3 Å². The van der Waals surface area contributed by atoms with Crippen molar-refractivity contribution in [2.45, 2.75) is 25.7 Å². The van der Waals surface area contributed by atoms with E-state index in [1.54, 1.807) is 11.0 Å². The third-order valence-electron chi connectivity index (χ3n) is 5.37. The van der Waals surface area contributed by atoms with Gasteiger partial charge in [-0.05, 0) is 49.1 Å². The number of amides is 2. The molecule has 2 aliphatic heterocycles. The van der Waals surface area contributed by atoms with Gasteiger partial charge >= 0.3 is 0 Å². The zero-order valence-electron chi connectivity index (χ0n) is 15.5. The van der Waals surface area contributed by atoms with Crippen LogP contribution in [-0.2, 0) is 11.2 Å². The van der Waals surface area contributed by atoms with Crippen molar-refractivity contribution >= 4 is 23.2 Å². The van der Waals surface area contributed by atoms with Gasteiger partial charge in [0, 0.05) is 49.5 Å². The molecule has 1 saturated heterocycles. The average Bonchev–Trinajstić information content (AvgIpc) is 3.31. The van der Waals surface area contributed by atoms with Crippen molar-refractivity contribution in [2.75, 3.05) is 36.0 Å². The fourth-order valence-electron chi connectivity index (χ4n) is 3.95. The van der Waals surface area contributed by atoms with E-state index in [1.165, 1.54) is 11.3 Å². The number of hydrogen-bond acceptors (Lipinski definition) is 3. The molecule has 2 aliphatic rings. The lowest BCUT2D eigenvalue weighted by molar-refractivity contribution is -0.117. The molecule has 0 radical (unpaired) electrons. The molecule has 0 atom stereocenters. The van der Waals surface area contributed by atoms with Gasteiger partial charge in [-0.25, -0.2) is 0 Å². The van der Waals surface area contributed by atoms with E-state index in [-0.39, 0.29) is 11.8 Å². The van der Waals surface area contributed by atoms with Crippen molar-refractivity contribution in [3.05, 3.63) is 59.7 Å². The molecule has 140 valence electrons. The Balaban J connectivity index is 1.28. The van der Waals surface area contributed by atoms with E-state index in [4.69, 9.17) is 0 Å². The summed E-state index contributed by atoms with van der Waals surface area (Å²) in [6.45, 7) is 3.38. The first-order chi connectivity index (χ1) is 13.2. The molecule has 27 heavy (non-hydrogen) atoms. The molecule has 2 aromatic carbocycles. The van der Waals surface area contributed by atoms with Crippen LogP contribution in [0.2, 0.25) is 0 Å². The third kappa shape index (κ3) is 3.82. The molecule has 0 unspecified atom stereocenters. The Kier molecular flexibility index (Phi) is 5.10. The second-order valence-electron chi connectivity index (χ2n) is 7.17. The number of anilines is 2. The van der Waals surface area contributed by atoms with Gasteiger partial charge in [0.2, 0.25) is 5.91 Å². The van der Waals surface area contributed by atoms with Crippen molar-refractivity contribution < 1.29 is 9.59 Å². The average molecular weight is 363 g/mol. The minimum absolute atomic E-state index is 0.0784. The minimum Gasteiger partial charge on any atom is -0.371 e. The van der Waals surface area contributed by atoms with E-state index in [9.17, 15) is 9.59 Å². The summed E-state index contributed by atoms with van der Waals surface area (Å²) in [4.78, 5) is 28.5. The van der Waals surface area contributed by atoms with Crippen LogP contribution in [-0.4, -0.2) is 38.0 Å². The monoisotopic (exact) mass is 363 g/mol. The van der Waals surface area contributed by atoms with Crippen LogP contribution in [0.1, 0.15) is 35.2 Å². The summed E-state index contributed by atoms with van der Waals surface area (Å²) in [5.74, 6) is 0.0590. The van der Waals surface area contributed by atoms with Gasteiger partial charge in [0.05, 0.1) is 0 Å². The number of nitrogens with zero attached hydrogens (tertiary/aromatic N) is 2. The molecule has 2 heterocycles. The maximum Gasteiger partial charge on any atom is 0.251 e. The second kappa shape index (κ2) is 7.82. The molecule has 0 spiro atoms. The number of fused-ring (bicyclic) bond motifs is 1. The summed E-state index contributed by atoms with van der Waals surface area (Å²) >= 11 is 0. The van der Waals surface area contributed by atoms with Crippen LogP contribution in [0.5, 0.6) is 0 Å². The van der Waals surface area contributed by atoms with Crippen molar-refractivity contribution in [1.82, 2.24) is 5.32 Å². The lowest BCUT2D eigenvalue weighted by Gasteiger charge is -2.19. The summed E-state index contributed by atoms with van der Waals surface area (Å²) in [5.41, 5.74) is 4.17. The van der Waals surface area contributed by atoms with Gasteiger partial charge < -0.3 is 15.1 Å². The number of nitrogens with one attached hydrogen (secondary N) is 1. The molecule has 0 saturated carbocycles. The van der Waals surface area contributed by atoms with Crippen LogP contribution in [0.4, 0.5) is 11.4 Å². The maximum absolute atomic E-state index is 12.5. The predicted molar refractivity (Wildman–Crippen MR) is 107 cm³/mol. The molecule has 2 aromatic rings. The highest BCUT2D eigenvalue weighted by molar-refractivity contribution is 5.99. The van der Waals surface area contributed by atoms with Crippen molar-refractivity contribution in [2.24, 2.45) is 0 Å². The van der Waals surface area contributed by atoms with Crippen LogP contribution >= 0.6 is 0 Å². The van der Waals surface area contributed by atoms with E-state index in [2.05, 4.69) is 34.5 Å². The SMILES string of the molecule is O=C(NCCCN1CCc2ccccc21)c1cccc(N2CCCC2=O)c1. The van der Waals surface area contributed by atoms with Crippen molar-refractivity contribution in [1.29, 1.82) is 0 Å². The Hall–Kier alpha value is -2.82. The zero-order valence-corrected chi connectivity index (χ0v) is 15.5. The largest absolute Gasteiger partial charge is 0.371 e. The molecule has 2 amide bonds. The lowest BCUT2D eigenvalue weighted by Crippen LogP contribution is -2.29. The smallest absolute Gasteiger partial charge is 0.251 e. The molecule has 0 aliphatic carbocycles. The number of carbonyl (C=O) groups excluding carboxylic acids is 2. The van der Waals surface area contributed by atoms with Crippen LogP contribution < -0.4 is 15.1 Å². The lowest BCUT2D eigenvalue weighted by atomic mass is 10.1. The highest BCUT2D eigenvalue weighted by Crippen LogP contribution is 2.27. The first kappa shape index (κ1) is 17.6. The van der Waals surface area contributed by atoms with Gasteiger partial charge in [0.25, 0.3) is 5.91 Å². The Labute approximate surface area is 160 Å². The van der Waals surface area contributed by atoms with Crippen molar-refractivity contribution in [3.8, 4) is 0 Å². The number of para-hydroxylation sites is 1. The van der Waals surface area contributed by atoms with E-state index in [0.717, 1.165) is 44.6 Å². The first-order valence-corrected chi connectivity index (χ1v) is 9.74. The molecule has 1 N–H and O–H groups in total. The fraction of sp³-hybridized carbons (Fsp3) is 0.364. The molecular weight excluding hydrogens is 338 g/mol. The van der Waals surface area contributed by atoms with Gasteiger partial charge in [-0.2, -0.15) is 0 Å². The fourth-order valence-corrected chi connectivity index (χ4v) is 3.95. The van der Waals surface area contributed by atoms with E-state index >= 15 is 0 Å². The number of benzene rings is 2. The summed E-state index contributed by atoms with van der Waals surface area (Å²) in [5, 5.41) is 3.01. The molecular formula is C22H25N3O2. The van der Waals surface area contributed by atoms with Crippen LogP contribution in [0.15, 0.2) is 48.5 Å². The molecule has 5 heteroatoms.